The molecule has 0 saturated carbocycles. The molecule has 2 N–H and O–H groups in total. The number of carbonyl (C=O) groups is 2. The second-order valence-electron chi connectivity index (χ2n) is 4.29. The average Bonchev–Trinajstić information content (AvgIpc) is 3.06. The molecule has 0 aliphatic carbocycles. The number of carbonyl (C=O) groups excluding carboxylic acids is 1. The summed E-state index contributed by atoms with van der Waals surface area (Å²) in [6, 6.07) is 5.68. The van der Waals surface area contributed by atoms with Crippen LogP contribution >= 0.6 is 11.3 Å². The first-order valence-electron chi connectivity index (χ1n) is 6.16. The summed E-state index contributed by atoms with van der Waals surface area (Å²) in [5.74, 6) is -0.741. The van der Waals surface area contributed by atoms with Gasteiger partial charge in [-0.2, -0.15) is 5.10 Å². The van der Waals surface area contributed by atoms with Gasteiger partial charge in [0.2, 0.25) is 5.91 Å². The Labute approximate surface area is 120 Å². The molecule has 0 radical (unpaired) electrons. The summed E-state index contributed by atoms with van der Waals surface area (Å²) < 4.78 is 1.71. The normalized spacial score (nSPS) is 12.1. The molecule has 0 saturated heterocycles. The quantitative estimate of drug-likeness (QED) is 0.856. The number of carboxylic acid groups (broad SMARTS) is 1. The van der Waals surface area contributed by atoms with Crippen molar-refractivity contribution in [3.63, 3.8) is 0 Å². The molecular formula is C13H15N3O3S. The number of nitrogens with zero attached hydrogens (tertiary/aromatic N) is 2. The van der Waals surface area contributed by atoms with E-state index in [1.54, 1.807) is 28.3 Å². The van der Waals surface area contributed by atoms with Gasteiger partial charge in [0.05, 0.1) is 18.7 Å². The molecule has 0 bridgehead atoms. The Kier molecular flexibility index (Phi) is 4.52. The fraction of sp³-hybridized carbons (Fsp3) is 0.308. The van der Waals surface area contributed by atoms with E-state index in [1.165, 1.54) is 0 Å². The molecule has 0 fully saturated rings. The maximum absolute atomic E-state index is 11.7. The maximum atomic E-state index is 11.7. The third-order valence-corrected chi connectivity index (χ3v) is 3.87. The Morgan fingerprint density at radius 3 is 2.90 bits per heavy atom. The van der Waals surface area contributed by atoms with Gasteiger partial charge in [0, 0.05) is 17.4 Å². The lowest BCUT2D eigenvalue weighted by Gasteiger charge is -2.14. The van der Waals surface area contributed by atoms with E-state index in [0.29, 0.717) is 5.82 Å². The third kappa shape index (κ3) is 3.45. The molecule has 0 aromatic carbocycles. The predicted molar refractivity (Wildman–Crippen MR) is 75.9 cm³/mol. The molecule has 20 heavy (non-hydrogen) atoms. The van der Waals surface area contributed by atoms with Gasteiger partial charge in [0.15, 0.2) is 0 Å². The Balaban J connectivity index is 2.05. The van der Waals surface area contributed by atoms with Crippen molar-refractivity contribution in [2.45, 2.75) is 25.8 Å². The number of amides is 1. The van der Waals surface area contributed by atoms with Gasteiger partial charge in [-0.1, -0.05) is 6.07 Å². The number of thiophene rings is 1. The van der Waals surface area contributed by atoms with Crippen molar-refractivity contribution < 1.29 is 14.7 Å². The van der Waals surface area contributed by atoms with E-state index in [1.807, 2.05) is 24.4 Å². The number of carboxylic acids is 1. The summed E-state index contributed by atoms with van der Waals surface area (Å²) in [6.07, 6.45) is 1.38. The second kappa shape index (κ2) is 6.33. The van der Waals surface area contributed by atoms with E-state index in [2.05, 4.69) is 10.4 Å². The summed E-state index contributed by atoms with van der Waals surface area (Å²) in [7, 11) is 0. The van der Waals surface area contributed by atoms with E-state index < -0.39 is 5.97 Å². The van der Waals surface area contributed by atoms with Gasteiger partial charge in [-0.15, -0.1) is 11.3 Å². The van der Waals surface area contributed by atoms with Gasteiger partial charge < -0.3 is 10.4 Å². The first-order valence-corrected chi connectivity index (χ1v) is 7.04. The SMILES string of the molecule is CC(c1cccs1)n1nccc1NC(=O)CCC(=O)O. The Morgan fingerprint density at radius 2 is 2.25 bits per heavy atom. The number of anilines is 1. The molecule has 0 spiro atoms. The van der Waals surface area contributed by atoms with E-state index >= 15 is 0 Å². The van der Waals surface area contributed by atoms with Crippen LogP contribution in [0.5, 0.6) is 0 Å². The highest BCUT2D eigenvalue weighted by Crippen LogP contribution is 2.25. The minimum absolute atomic E-state index is 0.0137. The number of hydrogen-bond acceptors (Lipinski definition) is 4. The highest BCUT2D eigenvalue weighted by atomic mass is 32.1. The van der Waals surface area contributed by atoms with Crippen molar-refractivity contribution in [2.75, 3.05) is 5.32 Å². The van der Waals surface area contributed by atoms with E-state index in [9.17, 15) is 9.59 Å². The van der Waals surface area contributed by atoms with Crippen LogP contribution in [0, 0.1) is 0 Å². The van der Waals surface area contributed by atoms with Crippen molar-refractivity contribution >= 4 is 29.0 Å². The molecule has 7 heteroatoms. The first kappa shape index (κ1) is 14.3. The summed E-state index contributed by atoms with van der Waals surface area (Å²) in [4.78, 5) is 23.2. The molecule has 2 aromatic rings. The molecular weight excluding hydrogens is 278 g/mol. The highest BCUT2D eigenvalue weighted by molar-refractivity contribution is 7.10. The molecule has 1 unspecified atom stereocenters. The second-order valence-corrected chi connectivity index (χ2v) is 5.27. The molecule has 2 rings (SSSR count). The molecule has 0 aliphatic heterocycles. The zero-order valence-electron chi connectivity index (χ0n) is 10.9. The van der Waals surface area contributed by atoms with Crippen LogP contribution in [0.1, 0.15) is 30.7 Å². The standard InChI is InChI=1S/C13H15N3O3S/c1-9(10-3-2-8-20-10)16-11(6-7-14-16)15-12(17)4-5-13(18)19/h2-3,6-9H,4-5H2,1H3,(H,15,17)(H,18,19). The van der Waals surface area contributed by atoms with Crippen LogP contribution in [0.25, 0.3) is 0 Å². The van der Waals surface area contributed by atoms with Crippen LogP contribution in [0.2, 0.25) is 0 Å². The van der Waals surface area contributed by atoms with E-state index in [-0.39, 0.29) is 24.8 Å². The van der Waals surface area contributed by atoms with Gasteiger partial charge >= 0.3 is 5.97 Å². The van der Waals surface area contributed by atoms with Crippen LogP contribution in [-0.4, -0.2) is 26.8 Å². The summed E-state index contributed by atoms with van der Waals surface area (Å²) in [6.45, 7) is 1.99. The predicted octanol–water partition coefficient (Wildman–Crippen LogP) is 2.36. The lowest BCUT2D eigenvalue weighted by Crippen LogP contribution is -2.18. The Bertz CT molecular complexity index is 592. The lowest BCUT2D eigenvalue weighted by atomic mass is 10.3. The Morgan fingerprint density at radius 1 is 1.45 bits per heavy atom. The number of hydrogen-bond donors (Lipinski definition) is 2. The number of aliphatic carboxylic acids is 1. The summed E-state index contributed by atoms with van der Waals surface area (Å²) in [5.41, 5.74) is 0. The number of rotatable bonds is 6. The van der Waals surface area contributed by atoms with Crippen LogP contribution in [0.3, 0.4) is 0 Å². The highest BCUT2D eigenvalue weighted by Gasteiger charge is 2.15. The van der Waals surface area contributed by atoms with Gasteiger partial charge in [-0.05, 0) is 18.4 Å². The zero-order chi connectivity index (χ0) is 14.5. The summed E-state index contributed by atoms with van der Waals surface area (Å²) in [5, 5.41) is 17.5. The molecule has 6 nitrogen and oxygen atoms in total. The van der Waals surface area contributed by atoms with Crippen molar-refractivity contribution in [1.29, 1.82) is 0 Å². The zero-order valence-corrected chi connectivity index (χ0v) is 11.8. The molecule has 2 heterocycles. The fourth-order valence-corrected chi connectivity index (χ4v) is 2.57. The van der Waals surface area contributed by atoms with Gasteiger partial charge in [0.1, 0.15) is 5.82 Å². The minimum Gasteiger partial charge on any atom is -0.481 e. The van der Waals surface area contributed by atoms with E-state index in [0.717, 1.165) is 4.88 Å². The molecule has 1 amide bonds. The van der Waals surface area contributed by atoms with Crippen molar-refractivity contribution in [3.8, 4) is 0 Å². The van der Waals surface area contributed by atoms with Crippen LogP contribution in [-0.2, 0) is 9.59 Å². The fourth-order valence-electron chi connectivity index (χ4n) is 1.80. The van der Waals surface area contributed by atoms with Gasteiger partial charge in [-0.3, -0.25) is 9.59 Å². The molecule has 0 aliphatic rings. The molecule has 2 aromatic heterocycles. The third-order valence-electron chi connectivity index (χ3n) is 2.83. The van der Waals surface area contributed by atoms with Crippen LogP contribution in [0.4, 0.5) is 5.82 Å². The van der Waals surface area contributed by atoms with Gasteiger partial charge in [-0.25, -0.2) is 4.68 Å². The maximum Gasteiger partial charge on any atom is 0.303 e. The van der Waals surface area contributed by atoms with Crippen LogP contribution in [0.15, 0.2) is 29.8 Å². The number of aromatic nitrogens is 2. The largest absolute Gasteiger partial charge is 0.481 e. The monoisotopic (exact) mass is 293 g/mol. The topological polar surface area (TPSA) is 84.2 Å². The van der Waals surface area contributed by atoms with Crippen molar-refractivity contribution in [2.24, 2.45) is 0 Å². The summed E-state index contributed by atoms with van der Waals surface area (Å²) >= 11 is 1.62. The van der Waals surface area contributed by atoms with Crippen molar-refractivity contribution in [3.05, 3.63) is 34.7 Å². The van der Waals surface area contributed by atoms with Crippen molar-refractivity contribution in [1.82, 2.24) is 9.78 Å². The van der Waals surface area contributed by atoms with E-state index in [4.69, 9.17) is 5.11 Å². The number of nitrogens with one attached hydrogen (secondary N) is 1. The lowest BCUT2D eigenvalue weighted by molar-refractivity contribution is -0.138. The minimum atomic E-state index is -0.986. The molecule has 1 atom stereocenters. The first-order chi connectivity index (χ1) is 9.58. The van der Waals surface area contributed by atoms with Gasteiger partial charge in [0.25, 0.3) is 0 Å². The average molecular weight is 293 g/mol. The smallest absolute Gasteiger partial charge is 0.303 e. The Hall–Kier alpha value is -2.15. The van der Waals surface area contributed by atoms with Crippen LogP contribution < -0.4 is 5.32 Å². The molecule has 106 valence electrons.